The van der Waals surface area contributed by atoms with Crippen LogP contribution in [-0.2, 0) is 0 Å². The molecule has 27 heavy (non-hydrogen) atoms. The van der Waals surface area contributed by atoms with Gasteiger partial charge in [0.15, 0.2) is 0 Å². The summed E-state index contributed by atoms with van der Waals surface area (Å²) in [4.78, 5) is 1.40. The van der Waals surface area contributed by atoms with Crippen LogP contribution in [0.15, 0.2) is 52.4 Å². The molecule has 2 heteroatoms. The Labute approximate surface area is 170 Å². The summed E-state index contributed by atoms with van der Waals surface area (Å²) in [7, 11) is 2.21. The second-order valence-electron chi connectivity index (χ2n) is 8.47. The standard InChI is InChI=1S/C25H31BS/c1-8-10-20-22(15(2)3)24-16(4)11-9-12-19(24)23-17(5)13-18(26)14-21(23)27-25(20,6)7/h9-14H,8,26H2,1-7H3/b20-10+. The lowest BCUT2D eigenvalue weighted by atomic mass is 9.79. The Morgan fingerprint density at radius 3 is 2.41 bits per heavy atom. The molecule has 0 bridgehead atoms. The molecule has 0 radical (unpaired) electrons. The molecule has 140 valence electrons. The number of thioether (sulfide) groups is 1. The van der Waals surface area contributed by atoms with E-state index in [1.807, 2.05) is 11.8 Å². The molecule has 0 saturated heterocycles. The lowest BCUT2D eigenvalue weighted by molar-refractivity contribution is 0.849. The molecule has 3 rings (SSSR count). The molecule has 1 aliphatic rings. The van der Waals surface area contributed by atoms with Crippen molar-refractivity contribution in [3.8, 4) is 11.1 Å². The highest BCUT2D eigenvalue weighted by atomic mass is 32.2. The normalized spacial score (nSPS) is 17.1. The van der Waals surface area contributed by atoms with Crippen LogP contribution in [-0.4, -0.2) is 12.6 Å². The van der Waals surface area contributed by atoms with Gasteiger partial charge in [0.2, 0.25) is 0 Å². The minimum absolute atomic E-state index is 0.0115. The smallest absolute Gasteiger partial charge is 0.114 e. The molecule has 1 aliphatic heterocycles. The van der Waals surface area contributed by atoms with Gasteiger partial charge in [0, 0.05) is 9.64 Å². The topological polar surface area (TPSA) is 0 Å². The van der Waals surface area contributed by atoms with Crippen molar-refractivity contribution in [1.82, 2.24) is 0 Å². The maximum Gasteiger partial charge on any atom is 0.139 e. The SMILES string of the molecule is Bc1cc(C)c2c(c1)SC(C)(C)/C(=C/CC)C(=C(C)C)c1c(C)cccc1-2. The summed E-state index contributed by atoms with van der Waals surface area (Å²) < 4.78 is 0.0115. The van der Waals surface area contributed by atoms with E-state index in [0.717, 1.165) is 6.42 Å². The van der Waals surface area contributed by atoms with Crippen LogP contribution in [0.5, 0.6) is 0 Å². The predicted molar refractivity (Wildman–Crippen MR) is 126 cm³/mol. The fraction of sp³-hybridized carbons (Fsp3) is 0.360. The molecule has 0 aromatic heterocycles. The van der Waals surface area contributed by atoms with Crippen molar-refractivity contribution in [1.29, 1.82) is 0 Å². The predicted octanol–water partition coefficient (Wildman–Crippen LogP) is 6.24. The molecule has 2 aromatic rings. The van der Waals surface area contributed by atoms with Gasteiger partial charge in [-0.05, 0) is 86.9 Å². The van der Waals surface area contributed by atoms with Gasteiger partial charge in [0.05, 0.1) is 0 Å². The number of aryl methyl sites for hydroxylation is 2. The summed E-state index contributed by atoms with van der Waals surface area (Å²) in [6.45, 7) is 16.1. The minimum atomic E-state index is 0.0115. The van der Waals surface area contributed by atoms with Crippen molar-refractivity contribution < 1.29 is 0 Å². The van der Waals surface area contributed by atoms with Crippen molar-refractivity contribution in [2.24, 2.45) is 0 Å². The van der Waals surface area contributed by atoms with Gasteiger partial charge in [-0.1, -0.05) is 54.4 Å². The second kappa shape index (κ2) is 7.39. The summed E-state index contributed by atoms with van der Waals surface area (Å²) in [5.74, 6) is 0. The van der Waals surface area contributed by atoms with Crippen LogP contribution in [0, 0.1) is 13.8 Å². The Morgan fingerprint density at radius 1 is 1.07 bits per heavy atom. The monoisotopic (exact) mass is 374 g/mol. The van der Waals surface area contributed by atoms with Gasteiger partial charge in [-0.2, -0.15) is 0 Å². The largest absolute Gasteiger partial charge is 0.139 e. The average Bonchev–Trinajstić information content (AvgIpc) is 2.54. The van der Waals surface area contributed by atoms with E-state index in [9.17, 15) is 0 Å². The highest BCUT2D eigenvalue weighted by Crippen LogP contribution is 2.52. The number of benzene rings is 2. The molecule has 0 aliphatic carbocycles. The first-order chi connectivity index (χ1) is 12.7. The van der Waals surface area contributed by atoms with Gasteiger partial charge < -0.3 is 0 Å². The Morgan fingerprint density at radius 2 is 1.78 bits per heavy atom. The molecule has 0 amide bonds. The summed E-state index contributed by atoms with van der Waals surface area (Å²) in [5.41, 5.74) is 12.6. The second-order valence-corrected chi connectivity index (χ2v) is 10.1. The van der Waals surface area contributed by atoms with E-state index in [-0.39, 0.29) is 4.75 Å². The zero-order valence-corrected chi connectivity index (χ0v) is 18.9. The van der Waals surface area contributed by atoms with E-state index in [2.05, 4.69) is 92.7 Å². The first kappa shape index (κ1) is 20.1. The molecule has 0 spiro atoms. The van der Waals surface area contributed by atoms with Crippen LogP contribution >= 0.6 is 11.8 Å². The van der Waals surface area contributed by atoms with Crippen LogP contribution in [0.4, 0.5) is 0 Å². The van der Waals surface area contributed by atoms with E-state index < -0.39 is 0 Å². The summed E-state index contributed by atoms with van der Waals surface area (Å²) >= 11 is 2.01. The Kier molecular flexibility index (Phi) is 5.50. The molecule has 0 atom stereocenters. The van der Waals surface area contributed by atoms with Gasteiger partial charge in [0.1, 0.15) is 7.85 Å². The Hall–Kier alpha value is -1.67. The van der Waals surface area contributed by atoms with Gasteiger partial charge in [-0.25, -0.2) is 0 Å². The quantitative estimate of drug-likeness (QED) is 0.532. The van der Waals surface area contributed by atoms with Crippen molar-refractivity contribution in [3.05, 3.63) is 64.2 Å². The number of fused-ring (bicyclic) bond motifs is 3. The molecule has 0 nitrogen and oxygen atoms in total. The van der Waals surface area contributed by atoms with Gasteiger partial charge >= 0.3 is 0 Å². The van der Waals surface area contributed by atoms with Crippen LogP contribution < -0.4 is 5.46 Å². The minimum Gasteiger partial charge on any atom is -0.114 e. The van der Waals surface area contributed by atoms with Crippen LogP contribution in [0.1, 0.15) is 57.7 Å². The van der Waals surface area contributed by atoms with Crippen LogP contribution in [0.3, 0.4) is 0 Å². The van der Waals surface area contributed by atoms with Crippen LogP contribution in [0.25, 0.3) is 16.7 Å². The van der Waals surface area contributed by atoms with Crippen molar-refractivity contribution >= 4 is 30.6 Å². The van der Waals surface area contributed by atoms with E-state index >= 15 is 0 Å². The zero-order valence-electron chi connectivity index (χ0n) is 18.1. The number of allylic oxidation sites excluding steroid dienone is 3. The van der Waals surface area contributed by atoms with Crippen molar-refractivity contribution in [2.75, 3.05) is 0 Å². The zero-order chi connectivity index (χ0) is 19.9. The third-order valence-corrected chi connectivity index (χ3v) is 6.70. The van der Waals surface area contributed by atoms with Gasteiger partial charge in [-0.3, -0.25) is 0 Å². The number of hydrogen-bond donors (Lipinski definition) is 0. The van der Waals surface area contributed by atoms with Crippen molar-refractivity contribution in [2.45, 2.75) is 64.5 Å². The first-order valence-electron chi connectivity index (χ1n) is 9.96. The lowest BCUT2D eigenvalue weighted by Crippen LogP contribution is -2.23. The fourth-order valence-corrected chi connectivity index (χ4v) is 5.86. The summed E-state index contributed by atoms with van der Waals surface area (Å²) in [6.07, 6.45) is 3.50. The van der Waals surface area contributed by atoms with E-state index in [1.54, 1.807) is 0 Å². The molecule has 0 unspecified atom stereocenters. The van der Waals surface area contributed by atoms with Gasteiger partial charge in [-0.15, -0.1) is 11.8 Å². The molecule has 2 aromatic carbocycles. The summed E-state index contributed by atoms with van der Waals surface area (Å²) in [5, 5.41) is 0. The maximum absolute atomic E-state index is 2.44. The third-order valence-electron chi connectivity index (χ3n) is 5.43. The molecule has 0 N–H and O–H groups in total. The van der Waals surface area contributed by atoms with Crippen LogP contribution in [0.2, 0.25) is 0 Å². The molecular weight excluding hydrogens is 343 g/mol. The fourth-order valence-electron chi connectivity index (χ4n) is 4.40. The third kappa shape index (κ3) is 3.57. The number of rotatable bonds is 1. The summed E-state index contributed by atoms with van der Waals surface area (Å²) in [6, 6.07) is 11.5. The van der Waals surface area contributed by atoms with E-state index in [4.69, 9.17) is 0 Å². The molecule has 1 heterocycles. The lowest BCUT2D eigenvalue weighted by Gasteiger charge is -2.36. The highest BCUT2D eigenvalue weighted by molar-refractivity contribution is 8.01. The first-order valence-corrected chi connectivity index (χ1v) is 10.8. The van der Waals surface area contributed by atoms with E-state index in [0.29, 0.717) is 0 Å². The molecule has 0 saturated carbocycles. The Bertz CT molecular complexity index is 957. The van der Waals surface area contributed by atoms with Crippen molar-refractivity contribution in [3.63, 3.8) is 0 Å². The van der Waals surface area contributed by atoms with Gasteiger partial charge in [0.25, 0.3) is 0 Å². The highest BCUT2D eigenvalue weighted by Gasteiger charge is 2.34. The number of hydrogen-bond acceptors (Lipinski definition) is 1. The maximum atomic E-state index is 2.44. The Balaban J connectivity index is 2.53. The average molecular weight is 374 g/mol. The molecular formula is C25H31BS. The van der Waals surface area contributed by atoms with E-state index in [1.165, 1.54) is 54.9 Å². The molecule has 0 fully saturated rings.